The maximum atomic E-state index is 8.89. The van der Waals surface area contributed by atoms with Crippen LogP contribution < -0.4 is 10.5 Å². The van der Waals surface area contributed by atoms with Crippen LogP contribution in [0.15, 0.2) is 0 Å². The molecule has 0 bridgehead atoms. The first kappa shape index (κ1) is 10.8. The molecular formula is C10H10N4O. The minimum atomic E-state index is 0.117. The zero-order chi connectivity index (χ0) is 11.4. The van der Waals surface area contributed by atoms with Gasteiger partial charge >= 0.3 is 0 Å². The predicted octanol–water partition coefficient (Wildman–Crippen LogP) is 0.978. The molecule has 5 nitrogen and oxygen atoms in total. The van der Waals surface area contributed by atoms with Crippen molar-refractivity contribution in [1.29, 1.82) is 10.5 Å². The average molecular weight is 202 g/mol. The summed E-state index contributed by atoms with van der Waals surface area (Å²) in [5.41, 5.74) is 6.76. The van der Waals surface area contributed by atoms with Gasteiger partial charge in [0.05, 0.1) is 24.1 Å². The summed E-state index contributed by atoms with van der Waals surface area (Å²) in [6.07, 6.45) is 0.565. The number of nitrogen functional groups attached to an aromatic ring is 1. The summed E-state index contributed by atoms with van der Waals surface area (Å²) in [6, 6.07) is 3.82. The Balaban J connectivity index is 3.59. The van der Waals surface area contributed by atoms with E-state index in [1.165, 1.54) is 7.11 Å². The first-order valence-electron chi connectivity index (χ1n) is 4.36. The summed E-state index contributed by atoms with van der Waals surface area (Å²) in [7, 11) is 1.41. The first-order valence-corrected chi connectivity index (χ1v) is 4.36. The summed E-state index contributed by atoms with van der Waals surface area (Å²) >= 11 is 0. The van der Waals surface area contributed by atoms with Crippen LogP contribution in [0.1, 0.15) is 23.7 Å². The van der Waals surface area contributed by atoms with Crippen molar-refractivity contribution in [3.05, 3.63) is 16.8 Å². The van der Waals surface area contributed by atoms with E-state index in [0.29, 0.717) is 12.1 Å². The molecule has 1 heterocycles. The lowest BCUT2D eigenvalue weighted by Crippen LogP contribution is -2.05. The van der Waals surface area contributed by atoms with Crippen LogP contribution in [0.3, 0.4) is 0 Å². The highest BCUT2D eigenvalue weighted by molar-refractivity contribution is 5.68. The fourth-order valence-electron chi connectivity index (χ4n) is 1.27. The number of ether oxygens (including phenoxy) is 1. The van der Waals surface area contributed by atoms with E-state index in [9.17, 15) is 0 Å². The number of methoxy groups -OCH3 is 1. The Morgan fingerprint density at radius 3 is 2.33 bits per heavy atom. The van der Waals surface area contributed by atoms with Gasteiger partial charge in [-0.2, -0.15) is 10.5 Å². The number of aromatic nitrogens is 1. The molecule has 0 amide bonds. The number of hydrogen-bond acceptors (Lipinski definition) is 5. The third-order valence-electron chi connectivity index (χ3n) is 2.03. The van der Waals surface area contributed by atoms with Gasteiger partial charge in [0.15, 0.2) is 0 Å². The van der Waals surface area contributed by atoms with Gasteiger partial charge in [0, 0.05) is 0 Å². The van der Waals surface area contributed by atoms with E-state index in [0.717, 1.165) is 0 Å². The van der Waals surface area contributed by atoms with Crippen molar-refractivity contribution in [2.45, 2.75) is 13.3 Å². The number of pyridine rings is 1. The molecule has 2 N–H and O–H groups in total. The topological polar surface area (TPSA) is 95.7 Å². The number of aryl methyl sites for hydroxylation is 1. The minimum Gasteiger partial charge on any atom is -0.480 e. The molecule has 0 aliphatic heterocycles. The molecule has 1 rings (SSSR count). The van der Waals surface area contributed by atoms with Crippen molar-refractivity contribution in [3.63, 3.8) is 0 Å². The summed E-state index contributed by atoms with van der Waals surface area (Å²) in [5.74, 6) is 0.172. The molecule has 0 spiro atoms. The lowest BCUT2D eigenvalue weighted by Gasteiger charge is -2.09. The van der Waals surface area contributed by atoms with Gasteiger partial charge in [-0.25, -0.2) is 4.98 Å². The van der Waals surface area contributed by atoms with E-state index in [1.807, 2.05) is 19.1 Å². The smallest absolute Gasteiger partial charge is 0.233 e. The second-order valence-corrected chi connectivity index (χ2v) is 2.81. The van der Waals surface area contributed by atoms with Crippen LogP contribution >= 0.6 is 0 Å². The Labute approximate surface area is 87.7 Å². The third kappa shape index (κ3) is 1.68. The van der Waals surface area contributed by atoms with Crippen LogP contribution in [0, 0.1) is 22.7 Å². The molecule has 1 aromatic heterocycles. The van der Waals surface area contributed by atoms with Crippen LogP contribution in [0.25, 0.3) is 0 Å². The van der Waals surface area contributed by atoms with Gasteiger partial charge in [-0.3, -0.25) is 0 Å². The van der Waals surface area contributed by atoms with E-state index < -0.39 is 0 Å². The molecule has 0 atom stereocenters. The number of nitrogens with zero attached hydrogens (tertiary/aromatic N) is 3. The second kappa shape index (κ2) is 4.30. The van der Waals surface area contributed by atoms with Crippen molar-refractivity contribution in [2.75, 3.05) is 12.8 Å². The summed E-state index contributed by atoms with van der Waals surface area (Å²) < 4.78 is 4.94. The van der Waals surface area contributed by atoms with Crippen LogP contribution in [-0.2, 0) is 6.42 Å². The van der Waals surface area contributed by atoms with E-state index in [2.05, 4.69) is 4.98 Å². The highest BCUT2D eigenvalue weighted by Gasteiger charge is 2.16. The molecule has 5 heteroatoms. The molecule has 1 aromatic rings. The number of nitrogens with two attached hydrogens (primary N) is 1. The van der Waals surface area contributed by atoms with Gasteiger partial charge in [-0.05, 0) is 6.42 Å². The van der Waals surface area contributed by atoms with E-state index in [-0.39, 0.29) is 22.7 Å². The number of anilines is 1. The monoisotopic (exact) mass is 202 g/mol. The Kier molecular flexibility index (Phi) is 3.10. The van der Waals surface area contributed by atoms with E-state index in [1.54, 1.807) is 0 Å². The number of nitriles is 2. The third-order valence-corrected chi connectivity index (χ3v) is 2.03. The maximum Gasteiger partial charge on any atom is 0.233 e. The zero-order valence-electron chi connectivity index (χ0n) is 8.53. The van der Waals surface area contributed by atoms with Crippen molar-refractivity contribution < 1.29 is 4.74 Å². The number of rotatable bonds is 2. The summed E-state index contributed by atoms with van der Waals surface area (Å²) in [4.78, 5) is 4.06. The van der Waals surface area contributed by atoms with Crippen molar-refractivity contribution in [1.82, 2.24) is 4.98 Å². The number of hydrogen-bond donors (Lipinski definition) is 1. The highest BCUT2D eigenvalue weighted by atomic mass is 16.5. The SMILES string of the molecule is CCc1nc(OC)c(C#N)c(N)c1C#N. The van der Waals surface area contributed by atoms with E-state index in [4.69, 9.17) is 21.0 Å². The normalized spacial score (nSPS) is 9.07. The molecule has 0 aromatic carbocycles. The van der Waals surface area contributed by atoms with Gasteiger partial charge in [0.25, 0.3) is 0 Å². The average Bonchev–Trinajstić information content (AvgIpc) is 2.27. The Morgan fingerprint density at radius 2 is 1.93 bits per heavy atom. The fourth-order valence-corrected chi connectivity index (χ4v) is 1.27. The maximum absolute atomic E-state index is 8.89. The molecule has 0 saturated heterocycles. The standard InChI is InChI=1S/C10H10N4O/c1-3-8-6(4-11)9(13)7(5-12)10(14-8)15-2/h3H2,1-2H3,(H2,13,14). The Hall–Kier alpha value is -2.27. The molecule has 0 aliphatic carbocycles. The van der Waals surface area contributed by atoms with Crippen LogP contribution in [0.5, 0.6) is 5.88 Å². The van der Waals surface area contributed by atoms with Crippen LogP contribution in [-0.4, -0.2) is 12.1 Å². The first-order chi connectivity index (χ1) is 7.19. The van der Waals surface area contributed by atoms with Crippen molar-refractivity contribution in [2.24, 2.45) is 0 Å². The summed E-state index contributed by atoms with van der Waals surface area (Å²) in [5, 5.41) is 17.7. The quantitative estimate of drug-likeness (QED) is 0.771. The lowest BCUT2D eigenvalue weighted by atomic mass is 10.1. The lowest BCUT2D eigenvalue weighted by molar-refractivity contribution is 0.395. The zero-order valence-corrected chi connectivity index (χ0v) is 8.53. The summed E-state index contributed by atoms with van der Waals surface area (Å²) in [6.45, 7) is 1.86. The van der Waals surface area contributed by atoms with Crippen molar-refractivity contribution >= 4 is 5.69 Å². The second-order valence-electron chi connectivity index (χ2n) is 2.81. The molecule has 0 aliphatic rings. The Morgan fingerprint density at radius 1 is 1.33 bits per heavy atom. The van der Waals surface area contributed by atoms with Gasteiger partial charge in [0.1, 0.15) is 17.7 Å². The predicted molar refractivity (Wildman–Crippen MR) is 54.0 cm³/mol. The van der Waals surface area contributed by atoms with E-state index >= 15 is 0 Å². The molecule has 0 fully saturated rings. The van der Waals surface area contributed by atoms with Gasteiger partial charge in [0.2, 0.25) is 5.88 Å². The fraction of sp³-hybridized carbons (Fsp3) is 0.300. The van der Waals surface area contributed by atoms with Gasteiger partial charge in [-0.1, -0.05) is 6.92 Å². The molecular weight excluding hydrogens is 192 g/mol. The van der Waals surface area contributed by atoms with Crippen molar-refractivity contribution in [3.8, 4) is 18.0 Å². The molecule has 0 unspecified atom stereocenters. The van der Waals surface area contributed by atoms with Crippen LogP contribution in [0.2, 0.25) is 0 Å². The molecule has 0 radical (unpaired) electrons. The molecule has 15 heavy (non-hydrogen) atoms. The highest BCUT2D eigenvalue weighted by Crippen LogP contribution is 2.26. The molecule has 0 saturated carbocycles. The Bertz CT molecular complexity index is 428. The molecule has 76 valence electrons. The van der Waals surface area contributed by atoms with Gasteiger partial charge in [-0.15, -0.1) is 0 Å². The largest absolute Gasteiger partial charge is 0.480 e. The van der Waals surface area contributed by atoms with Gasteiger partial charge < -0.3 is 10.5 Å². The minimum absolute atomic E-state index is 0.117. The van der Waals surface area contributed by atoms with Crippen LogP contribution in [0.4, 0.5) is 5.69 Å².